The smallest absolute Gasteiger partial charge is 0.318 e. The Morgan fingerprint density at radius 2 is 1.62 bits per heavy atom. The molecule has 0 spiro atoms. The molecule has 2 aromatic rings. The van der Waals surface area contributed by atoms with Crippen LogP contribution in [0, 0.1) is 11.8 Å². The lowest BCUT2D eigenvalue weighted by Gasteiger charge is -2.36. The van der Waals surface area contributed by atoms with Crippen molar-refractivity contribution in [3.63, 3.8) is 0 Å². The Morgan fingerprint density at radius 1 is 0.973 bits per heavy atom. The normalized spacial score (nSPS) is 17.4. The molecule has 2 amide bonds. The van der Waals surface area contributed by atoms with Gasteiger partial charge < -0.3 is 35.5 Å². The number of rotatable bonds is 6. The number of pyridine rings is 1. The molecule has 2 aliphatic heterocycles. The summed E-state index contributed by atoms with van der Waals surface area (Å²) in [5.41, 5.74) is 2.83. The summed E-state index contributed by atoms with van der Waals surface area (Å²) in [6.45, 7) is 6.77. The van der Waals surface area contributed by atoms with Gasteiger partial charge in [-0.3, -0.25) is 4.79 Å². The Morgan fingerprint density at radius 3 is 2.22 bits per heavy atom. The standard InChI is InChI=1S/C27H34N6O4/c1-20(35)26(24(36)19-34)30-27(37)33-16-14-31(15-17-33)23-7-4-21(5-8-23)2-3-22-6-9-25(29-18-22)32-12-10-28-11-13-32/h4-9,18,20,26,28,34-35H,10-17,19H2,1H3,(H,30,37)/t20-,26+/m0/s1. The van der Waals surface area contributed by atoms with Gasteiger partial charge in [0.25, 0.3) is 0 Å². The Bertz CT molecular complexity index is 1110. The number of nitrogens with one attached hydrogen (secondary N) is 2. The molecule has 3 heterocycles. The SMILES string of the molecule is C[C@H](O)[C@@H](NC(=O)N1CCN(c2ccc(C#Cc3ccc(N4CCNCC4)nc3)cc2)CC1)C(=O)CO. The van der Waals surface area contributed by atoms with Gasteiger partial charge in [-0.25, -0.2) is 9.78 Å². The number of anilines is 2. The molecule has 4 N–H and O–H groups in total. The Kier molecular flexibility index (Phi) is 8.95. The van der Waals surface area contributed by atoms with E-state index in [2.05, 4.69) is 37.3 Å². The molecule has 1 aromatic carbocycles. The zero-order valence-corrected chi connectivity index (χ0v) is 21.1. The van der Waals surface area contributed by atoms with E-state index in [1.165, 1.54) is 6.92 Å². The number of aliphatic hydroxyl groups is 2. The lowest BCUT2D eigenvalue weighted by molar-refractivity contribution is -0.125. The second-order valence-corrected chi connectivity index (χ2v) is 9.21. The predicted molar refractivity (Wildman–Crippen MR) is 142 cm³/mol. The van der Waals surface area contributed by atoms with Gasteiger partial charge in [-0.2, -0.15) is 0 Å². The molecule has 2 aliphatic rings. The number of aromatic nitrogens is 1. The quantitative estimate of drug-likeness (QED) is 0.405. The van der Waals surface area contributed by atoms with Crippen molar-refractivity contribution >= 4 is 23.3 Å². The van der Waals surface area contributed by atoms with Gasteiger partial charge in [-0.05, 0) is 43.3 Å². The molecule has 2 fully saturated rings. The molecule has 4 rings (SSSR count). The van der Waals surface area contributed by atoms with E-state index in [0.29, 0.717) is 26.2 Å². The molecular weight excluding hydrogens is 472 g/mol. The minimum absolute atomic E-state index is 0.423. The van der Waals surface area contributed by atoms with E-state index in [1.54, 1.807) is 4.90 Å². The summed E-state index contributed by atoms with van der Waals surface area (Å²) >= 11 is 0. The number of urea groups is 1. The number of amides is 2. The van der Waals surface area contributed by atoms with Gasteiger partial charge in [0.2, 0.25) is 0 Å². The number of nitrogens with zero attached hydrogens (tertiary/aromatic N) is 4. The number of Topliss-reactive ketones (excluding diaryl/α,β-unsaturated/α-hetero) is 1. The topological polar surface area (TPSA) is 121 Å². The van der Waals surface area contributed by atoms with Crippen LogP contribution in [-0.4, -0.2) is 103 Å². The van der Waals surface area contributed by atoms with Crippen molar-refractivity contribution in [3.8, 4) is 11.8 Å². The van der Waals surface area contributed by atoms with E-state index >= 15 is 0 Å². The van der Waals surface area contributed by atoms with Gasteiger partial charge in [0.15, 0.2) is 5.78 Å². The summed E-state index contributed by atoms with van der Waals surface area (Å²) in [6.07, 6.45) is 0.733. The lowest BCUT2D eigenvalue weighted by Crippen LogP contribution is -2.57. The maximum absolute atomic E-state index is 12.5. The van der Waals surface area contributed by atoms with Gasteiger partial charge in [0, 0.05) is 75.4 Å². The summed E-state index contributed by atoms with van der Waals surface area (Å²) in [4.78, 5) is 34.9. The molecule has 0 radical (unpaired) electrons. The van der Waals surface area contributed by atoms with Crippen molar-refractivity contribution < 1.29 is 19.8 Å². The first-order valence-electron chi connectivity index (χ1n) is 12.6. The molecule has 2 saturated heterocycles. The van der Waals surface area contributed by atoms with Crippen LogP contribution in [0.2, 0.25) is 0 Å². The number of piperazine rings is 2. The third-order valence-corrected chi connectivity index (χ3v) is 6.60. The van der Waals surface area contributed by atoms with Crippen LogP contribution in [0.1, 0.15) is 18.1 Å². The van der Waals surface area contributed by atoms with Crippen molar-refractivity contribution in [3.05, 3.63) is 53.7 Å². The Balaban J connectivity index is 1.28. The number of aliphatic hydroxyl groups excluding tert-OH is 2. The average molecular weight is 507 g/mol. The molecule has 2 atom stereocenters. The van der Waals surface area contributed by atoms with E-state index in [4.69, 9.17) is 5.11 Å². The Hall–Kier alpha value is -3.65. The minimum Gasteiger partial charge on any atom is -0.391 e. The Labute approximate surface area is 217 Å². The van der Waals surface area contributed by atoms with Gasteiger partial charge in [-0.1, -0.05) is 11.8 Å². The highest BCUT2D eigenvalue weighted by Crippen LogP contribution is 2.18. The number of benzene rings is 1. The second kappa shape index (κ2) is 12.5. The van der Waals surface area contributed by atoms with Crippen LogP contribution in [-0.2, 0) is 4.79 Å². The van der Waals surface area contributed by atoms with Crippen molar-refractivity contribution in [2.75, 3.05) is 68.8 Å². The zero-order valence-electron chi connectivity index (χ0n) is 21.1. The van der Waals surface area contributed by atoms with Gasteiger partial charge in [0.1, 0.15) is 18.5 Å². The summed E-state index contributed by atoms with van der Waals surface area (Å²) in [6, 6.07) is 10.5. The molecular formula is C27H34N6O4. The van der Waals surface area contributed by atoms with E-state index < -0.39 is 30.6 Å². The first kappa shape index (κ1) is 26.4. The van der Waals surface area contributed by atoms with Crippen LogP contribution in [0.4, 0.5) is 16.3 Å². The highest BCUT2D eigenvalue weighted by molar-refractivity contribution is 5.89. The van der Waals surface area contributed by atoms with E-state index in [1.807, 2.05) is 42.6 Å². The third kappa shape index (κ3) is 6.98. The number of ketones is 1. The molecule has 0 aliphatic carbocycles. The zero-order chi connectivity index (χ0) is 26.2. The van der Waals surface area contributed by atoms with Crippen LogP contribution in [0.3, 0.4) is 0 Å². The molecule has 1 aromatic heterocycles. The van der Waals surface area contributed by atoms with Crippen LogP contribution >= 0.6 is 0 Å². The van der Waals surface area contributed by atoms with Crippen molar-refractivity contribution in [2.45, 2.75) is 19.1 Å². The highest BCUT2D eigenvalue weighted by Gasteiger charge is 2.28. The number of hydrogen-bond acceptors (Lipinski definition) is 8. The summed E-state index contributed by atoms with van der Waals surface area (Å²) in [5.74, 6) is 6.74. The van der Waals surface area contributed by atoms with Gasteiger partial charge >= 0.3 is 6.03 Å². The molecule has 0 unspecified atom stereocenters. The monoisotopic (exact) mass is 506 g/mol. The second-order valence-electron chi connectivity index (χ2n) is 9.21. The molecule has 196 valence electrons. The predicted octanol–water partition coefficient (Wildman–Crippen LogP) is 0.0334. The summed E-state index contributed by atoms with van der Waals surface area (Å²) in [5, 5.41) is 24.7. The number of carbonyl (C=O) groups is 2. The van der Waals surface area contributed by atoms with Crippen molar-refractivity contribution in [1.29, 1.82) is 0 Å². The fourth-order valence-corrected chi connectivity index (χ4v) is 4.40. The fourth-order valence-electron chi connectivity index (χ4n) is 4.40. The largest absolute Gasteiger partial charge is 0.391 e. The summed E-state index contributed by atoms with van der Waals surface area (Å²) in [7, 11) is 0. The molecule has 0 saturated carbocycles. The van der Waals surface area contributed by atoms with Crippen LogP contribution in [0.15, 0.2) is 42.6 Å². The van der Waals surface area contributed by atoms with Crippen molar-refractivity contribution in [1.82, 2.24) is 20.5 Å². The first-order valence-corrected chi connectivity index (χ1v) is 12.6. The van der Waals surface area contributed by atoms with Gasteiger partial charge in [0.05, 0.1) is 6.10 Å². The minimum atomic E-state index is -1.12. The molecule has 0 bridgehead atoms. The highest BCUT2D eigenvalue weighted by atomic mass is 16.3. The fraction of sp³-hybridized carbons (Fsp3) is 0.444. The lowest BCUT2D eigenvalue weighted by atomic mass is 10.1. The maximum Gasteiger partial charge on any atom is 0.318 e. The molecule has 37 heavy (non-hydrogen) atoms. The molecule has 10 heteroatoms. The number of hydrogen-bond donors (Lipinski definition) is 4. The molecule has 10 nitrogen and oxygen atoms in total. The average Bonchev–Trinajstić information content (AvgIpc) is 2.95. The van der Waals surface area contributed by atoms with E-state index in [9.17, 15) is 14.7 Å². The third-order valence-electron chi connectivity index (χ3n) is 6.60. The van der Waals surface area contributed by atoms with Gasteiger partial charge in [-0.15, -0.1) is 0 Å². The van der Waals surface area contributed by atoms with E-state index in [-0.39, 0.29) is 0 Å². The maximum atomic E-state index is 12.5. The van der Waals surface area contributed by atoms with Crippen LogP contribution in [0.25, 0.3) is 0 Å². The summed E-state index contributed by atoms with van der Waals surface area (Å²) < 4.78 is 0. The van der Waals surface area contributed by atoms with Crippen LogP contribution < -0.4 is 20.4 Å². The van der Waals surface area contributed by atoms with Crippen LogP contribution in [0.5, 0.6) is 0 Å². The van der Waals surface area contributed by atoms with Crippen molar-refractivity contribution in [2.24, 2.45) is 0 Å². The number of carbonyl (C=O) groups excluding carboxylic acids is 2. The van der Waals surface area contributed by atoms with E-state index in [0.717, 1.165) is 48.8 Å². The first-order chi connectivity index (χ1) is 17.9.